The molecular weight excluding hydrogens is 336 g/mol. The maximum atomic E-state index is 5.30. The first-order valence-electron chi connectivity index (χ1n) is 8.89. The van der Waals surface area contributed by atoms with Crippen molar-refractivity contribution in [2.75, 3.05) is 19.2 Å². The highest BCUT2D eigenvalue weighted by Crippen LogP contribution is 2.35. The van der Waals surface area contributed by atoms with Crippen molar-refractivity contribution in [3.05, 3.63) is 96.1 Å². The fourth-order valence-electron chi connectivity index (χ4n) is 3.26. The van der Waals surface area contributed by atoms with Gasteiger partial charge in [0.05, 0.1) is 31.6 Å². The van der Waals surface area contributed by atoms with Crippen molar-refractivity contribution in [3.63, 3.8) is 0 Å². The molecular formula is C23H22N2O2. The third kappa shape index (κ3) is 3.47. The molecule has 4 rings (SSSR count). The molecule has 3 aromatic carbocycles. The fourth-order valence-corrected chi connectivity index (χ4v) is 3.26. The van der Waals surface area contributed by atoms with E-state index in [2.05, 4.69) is 52.9 Å². The summed E-state index contributed by atoms with van der Waals surface area (Å²) in [6.07, 6.45) is 2.25. The molecule has 1 N–H and O–H groups in total. The Morgan fingerprint density at radius 2 is 1.33 bits per heavy atom. The van der Waals surface area contributed by atoms with Gasteiger partial charge in [0.25, 0.3) is 0 Å². The standard InChI is InChI=1S/C23H22N2O2/c1-26-20-12-8-17(9-13-20)22-16-23(18-10-14-21(27-2)15-11-18)25(24-22)19-6-4-3-5-7-19/h3-16,23-24H,1-2H3. The van der Waals surface area contributed by atoms with Crippen LogP contribution in [-0.4, -0.2) is 14.2 Å². The van der Waals surface area contributed by atoms with Gasteiger partial charge in [-0.25, -0.2) is 0 Å². The van der Waals surface area contributed by atoms with E-state index >= 15 is 0 Å². The summed E-state index contributed by atoms with van der Waals surface area (Å²) in [4.78, 5) is 0. The van der Waals surface area contributed by atoms with Crippen molar-refractivity contribution in [1.82, 2.24) is 5.43 Å². The number of rotatable bonds is 5. The van der Waals surface area contributed by atoms with Crippen molar-refractivity contribution >= 4 is 11.4 Å². The van der Waals surface area contributed by atoms with Crippen LogP contribution in [-0.2, 0) is 0 Å². The molecule has 1 heterocycles. The predicted octanol–water partition coefficient (Wildman–Crippen LogP) is 4.81. The number of hydrazine groups is 1. The van der Waals surface area contributed by atoms with E-state index in [1.807, 2.05) is 42.5 Å². The zero-order valence-corrected chi connectivity index (χ0v) is 15.4. The van der Waals surface area contributed by atoms with Crippen molar-refractivity contribution in [1.29, 1.82) is 0 Å². The number of anilines is 1. The molecule has 3 aromatic rings. The number of ether oxygens (including phenoxy) is 2. The lowest BCUT2D eigenvalue weighted by Gasteiger charge is -2.27. The van der Waals surface area contributed by atoms with Crippen LogP contribution >= 0.6 is 0 Å². The summed E-state index contributed by atoms with van der Waals surface area (Å²) in [6, 6.07) is 26.7. The second-order valence-electron chi connectivity index (χ2n) is 6.34. The van der Waals surface area contributed by atoms with Crippen LogP contribution in [0.5, 0.6) is 11.5 Å². The third-order valence-corrected chi connectivity index (χ3v) is 4.74. The molecule has 0 amide bonds. The Morgan fingerprint density at radius 3 is 1.93 bits per heavy atom. The van der Waals surface area contributed by atoms with Gasteiger partial charge >= 0.3 is 0 Å². The van der Waals surface area contributed by atoms with Crippen LogP contribution in [0.4, 0.5) is 5.69 Å². The van der Waals surface area contributed by atoms with E-state index in [9.17, 15) is 0 Å². The van der Waals surface area contributed by atoms with Crippen molar-refractivity contribution < 1.29 is 9.47 Å². The summed E-state index contributed by atoms with van der Waals surface area (Å²) in [5, 5.41) is 2.18. The van der Waals surface area contributed by atoms with E-state index in [0.29, 0.717) is 0 Å². The van der Waals surface area contributed by atoms with Gasteiger partial charge in [-0.15, -0.1) is 0 Å². The number of benzene rings is 3. The topological polar surface area (TPSA) is 33.7 Å². The molecule has 27 heavy (non-hydrogen) atoms. The minimum Gasteiger partial charge on any atom is -0.497 e. The number of methoxy groups -OCH3 is 2. The van der Waals surface area contributed by atoms with Gasteiger partial charge in [-0.2, -0.15) is 0 Å². The molecule has 0 aromatic heterocycles. The van der Waals surface area contributed by atoms with Gasteiger partial charge < -0.3 is 9.47 Å². The summed E-state index contributed by atoms with van der Waals surface area (Å²) in [6.45, 7) is 0. The Labute approximate surface area is 159 Å². The molecule has 4 heteroatoms. The summed E-state index contributed by atoms with van der Waals surface area (Å²) >= 11 is 0. The average Bonchev–Trinajstić information content (AvgIpc) is 3.20. The first kappa shape index (κ1) is 17.0. The molecule has 0 bridgehead atoms. The number of nitrogens with one attached hydrogen (secondary N) is 1. The lowest BCUT2D eigenvalue weighted by Crippen LogP contribution is -2.33. The number of hydrogen-bond donors (Lipinski definition) is 1. The highest BCUT2D eigenvalue weighted by molar-refractivity contribution is 5.72. The largest absolute Gasteiger partial charge is 0.497 e. The second kappa shape index (κ2) is 7.46. The summed E-state index contributed by atoms with van der Waals surface area (Å²) < 4.78 is 10.6. The van der Waals surface area contributed by atoms with Crippen LogP contribution in [0.25, 0.3) is 5.70 Å². The molecule has 0 saturated carbocycles. The molecule has 136 valence electrons. The quantitative estimate of drug-likeness (QED) is 0.710. The second-order valence-corrected chi connectivity index (χ2v) is 6.34. The van der Waals surface area contributed by atoms with Crippen molar-refractivity contribution in [3.8, 4) is 11.5 Å². The summed E-state index contributed by atoms with van der Waals surface area (Å²) in [5.74, 6) is 1.71. The number of para-hydroxylation sites is 1. The highest BCUT2D eigenvalue weighted by Gasteiger charge is 2.27. The first-order chi connectivity index (χ1) is 13.3. The van der Waals surface area contributed by atoms with E-state index in [4.69, 9.17) is 9.47 Å². The van der Waals surface area contributed by atoms with E-state index in [1.54, 1.807) is 14.2 Å². The van der Waals surface area contributed by atoms with Crippen LogP contribution in [0.2, 0.25) is 0 Å². The third-order valence-electron chi connectivity index (χ3n) is 4.74. The lowest BCUT2D eigenvalue weighted by atomic mass is 10.0. The van der Waals surface area contributed by atoms with Gasteiger partial charge in [0, 0.05) is 0 Å². The summed E-state index contributed by atoms with van der Waals surface area (Å²) in [7, 11) is 3.36. The smallest absolute Gasteiger partial charge is 0.118 e. The molecule has 0 fully saturated rings. The first-order valence-corrected chi connectivity index (χ1v) is 8.89. The molecule has 0 radical (unpaired) electrons. The molecule has 1 atom stereocenters. The SMILES string of the molecule is COc1ccc(C2=CC(c3ccc(OC)cc3)N(c3ccccc3)N2)cc1. The number of hydrogen-bond acceptors (Lipinski definition) is 4. The minimum atomic E-state index is 0.0791. The molecule has 1 aliphatic heterocycles. The Morgan fingerprint density at radius 1 is 0.741 bits per heavy atom. The van der Waals surface area contributed by atoms with Crippen LogP contribution in [0.15, 0.2) is 84.9 Å². The fraction of sp³-hybridized carbons (Fsp3) is 0.130. The van der Waals surface area contributed by atoms with Gasteiger partial charge in [-0.3, -0.25) is 10.4 Å². The summed E-state index contributed by atoms with van der Waals surface area (Å²) in [5.41, 5.74) is 8.05. The predicted molar refractivity (Wildman–Crippen MR) is 109 cm³/mol. The Kier molecular flexibility index (Phi) is 4.71. The van der Waals surface area contributed by atoms with Crippen LogP contribution in [0.3, 0.4) is 0 Å². The zero-order chi connectivity index (χ0) is 18.6. The highest BCUT2D eigenvalue weighted by atomic mass is 16.5. The van der Waals surface area contributed by atoms with E-state index in [0.717, 1.165) is 28.4 Å². The molecule has 0 spiro atoms. The monoisotopic (exact) mass is 358 g/mol. The zero-order valence-electron chi connectivity index (χ0n) is 15.4. The van der Waals surface area contributed by atoms with Crippen molar-refractivity contribution in [2.24, 2.45) is 0 Å². The van der Waals surface area contributed by atoms with Gasteiger partial charge in [0.1, 0.15) is 11.5 Å². The van der Waals surface area contributed by atoms with Gasteiger partial charge in [0.15, 0.2) is 0 Å². The maximum Gasteiger partial charge on any atom is 0.118 e. The number of nitrogens with zero attached hydrogens (tertiary/aromatic N) is 1. The molecule has 0 aliphatic carbocycles. The molecule has 1 aliphatic rings. The normalized spacial score (nSPS) is 15.9. The van der Waals surface area contributed by atoms with E-state index in [-0.39, 0.29) is 6.04 Å². The van der Waals surface area contributed by atoms with E-state index < -0.39 is 0 Å². The Bertz CT molecular complexity index is 919. The maximum absolute atomic E-state index is 5.30. The average molecular weight is 358 g/mol. The molecule has 0 saturated heterocycles. The van der Waals surface area contributed by atoms with Gasteiger partial charge in [-0.1, -0.05) is 30.3 Å². The van der Waals surface area contributed by atoms with E-state index in [1.165, 1.54) is 5.56 Å². The Balaban J connectivity index is 1.70. The van der Waals surface area contributed by atoms with Crippen LogP contribution in [0.1, 0.15) is 17.2 Å². The van der Waals surface area contributed by atoms with Crippen LogP contribution in [0, 0.1) is 0 Å². The Hall–Kier alpha value is -3.40. The minimum absolute atomic E-state index is 0.0791. The van der Waals surface area contributed by atoms with Gasteiger partial charge in [-0.05, 0) is 65.7 Å². The molecule has 4 nitrogen and oxygen atoms in total. The lowest BCUT2D eigenvalue weighted by molar-refractivity contribution is 0.414. The van der Waals surface area contributed by atoms with Crippen molar-refractivity contribution in [2.45, 2.75) is 6.04 Å². The van der Waals surface area contributed by atoms with Gasteiger partial charge in [0.2, 0.25) is 0 Å². The van der Waals surface area contributed by atoms with Crippen LogP contribution < -0.4 is 19.9 Å². The molecule has 1 unspecified atom stereocenters.